The predicted molar refractivity (Wildman–Crippen MR) is 92.0 cm³/mol. The molecule has 0 radical (unpaired) electrons. The maximum absolute atomic E-state index is 12.4. The van der Waals surface area contributed by atoms with Crippen molar-refractivity contribution in [3.8, 4) is 6.07 Å². The molecule has 24 heavy (non-hydrogen) atoms. The number of nitriles is 1. The monoisotopic (exact) mass is 334 g/mol. The van der Waals surface area contributed by atoms with Crippen LogP contribution in [-0.2, 0) is 9.59 Å². The van der Waals surface area contributed by atoms with Crippen molar-refractivity contribution in [2.24, 2.45) is 11.8 Å². The van der Waals surface area contributed by atoms with Gasteiger partial charge in [-0.3, -0.25) is 14.5 Å². The minimum absolute atomic E-state index is 0.0512. The summed E-state index contributed by atoms with van der Waals surface area (Å²) in [6, 6.07) is 2.20. The first-order valence-corrected chi connectivity index (χ1v) is 9.09. The molecule has 0 aromatic carbocycles. The third kappa shape index (κ3) is 4.47. The van der Waals surface area contributed by atoms with Crippen LogP contribution >= 0.6 is 0 Å². The van der Waals surface area contributed by atoms with E-state index in [4.69, 9.17) is 0 Å². The van der Waals surface area contributed by atoms with Crippen LogP contribution < -0.4 is 5.32 Å². The van der Waals surface area contributed by atoms with Crippen molar-refractivity contribution in [1.29, 1.82) is 5.26 Å². The van der Waals surface area contributed by atoms with Gasteiger partial charge in [-0.2, -0.15) is 5.26 Å². The highest BCUT2D eigenvalue weighted by atomic mass is 16.2. The molecule has 0 aromatic rings. The number of carbonyl (C=O) groups is 2. The molecule has 2 aliphatic heterocycles. The molecular formula is C18H30N4O2. The van der Waals surface area contributed by atoms with Crippen LogP contribution in [0.3, 0.4) is 0 Å². The lowest BCUT2D eigenvalue weighted by Gasteiger charge is -2.34. The van der Waals surface area contributed by atoms with E-state index in [1.165, 1.54) is 0 Å². The van der Waals surface area contributed by atoms with Gasteiger partial charge in [0.05, 0.1) is 12.6 Å². The van der Waals surface area contributed by atoms with Gasteiger partial charge in [-0.15, -0.1) is 0 Å². The highest BCUT2D eigenvalue weighted by molar-refractivity contribution is 5.80. The zero-order valence-electron chi connectivity index (χ0n) is 15.2. The van der Waals surface area contributed by atoms with Crippen LogP contribution in [0.1, 0.15) is 46.5 Å². The lowest BCUT2D eigenvalue weighted by atomic mass is 9.90. The molecule has 2 saturated heterocycles. The average Bonchev–Trinajstić information content (AvgIpc) is 3.09. The van der Waals surface area contributed by atoms with Crippen molar-refractivity contribution >= 4 is 11.8 Å². The first kappa shape index (κ1) is 18.7. The fourth-order valence-corrected chi connectivity index (χ4v) is 3.37. The number of rotatable bonds is 5. The van der Waals surface area contributed by atoms with E-state index >= 15 is 0 Å². The van der Waals surface area contributed by atoms with Crippen LogP contribution in [0.2, 0.25) is 0 Å². The van der Waals surface area contributed by atoms with Crippen molar-refractivity contribution in [2.75, 3.05) is 32.7 Å². The maximum atomic E-state index is 12.4. The van der Waals surface area contributed by atoms with Crippen molar-refractivity contribution in [1.82, 2.24) is 15.1 Å². The summed E-state index contributed by atoms with van der Waals surface area (Å²) in [5, 5.41) is 12.1. The van der Waals surface area contributed by atoms with Crippen molar-refractivity contribution in [3.05, 3.63) is 0 Å². The van der Waals surface area contributed by atoms with E-state index in [1.807, 2.05) is 18.7 Å². The van der Waals surface area contributed by atoms with Crippen LogP contribution in [0.4, 0.5) is 0 Å². The Morgan fingerprint density at radius 1 is 1.21 bits per heavy atom. The Labute approximate surface area is 145 Å². The molecule has 2 aliphatic rings. The molecule has 0 aromatic heterocycles. The Morgan fingerprint density at radius 3 is 2.29 bits per heavy atom. The summed E-state index contributed by atoms with van der Waals surface area (Å²) >= 11 is 0. The first-order valence-electron chi connectivity index (χ1n) is 9.09. The Bertz CT molecular complexity index is 500. The van der Waals surface area contributed by atoms with Crippen LogP contribution in [0, 0.1) is 23.2 Å². The van der Waals surface area contributed by atoms with Crippen LogP contribution in [-0.4, -0.2) is 59.9 Å². The van der Waals surface area contributed by atoms with Crippen LogP contribution in [0.15, 0.2) is 0 Å². The number of piperidine rings is 1. The normalized spacial score (nSPS) is 22.2. The smallest absolute Gasteiger partial charge is 0.235 e. The fourth-order valence-electron chi connectivity index (χ4n) is 3.37. The van der Waals surface area contributed by atoms with E-state index in [1.54, 1.807) is 6.92 Å². The number of hydrogen-bond donors (Lipinski definition) is 1. The zero-order valence-corrected chi connectivity index (χ0v) is 15.2. The minimum Gasteiger partial charge on any atom is -0.342 e. The molecule has 6 nitrogen and oxygen atoms in total. The number of likely N-dealkylation sites (tertiary alicyclic amines) is 2. The number of carbonyl (C=O) groups excluding carboxylic acids is 2. The van der Waals surface area contributed by atoms with Gasteiger partial charge < -0.3 is 10.2 Å². The number of nitrogens with one attached hydrogen (secondary N) is 1. The Morgan fingerprint density at radius 2 is 1.79 bits per heavy atom. The third-order valence-corrected chi connectivity index (χ3v) is 5.51. The van der Waals surface area contributed by atoms with Crippen LogP contribution in [0.25, 0.3) is 0 Å². The molecule has 2 fully saturated rings. The molecule has 6 heteroatoms. The molecular weight excluding hydrogens is 304 g/mol. The fraction of sp³-hybridized carbons (Fsp3) is 0.833. The quantitative estimate of drug-likeness (QED) is 0.824. The second-order valence-electron chi connectivity index (χ2n) is 7.60. The molecule has 0 saturated carbocycles. The van der Waals surface area contributed by atoms with Crippen molar-refractivity contribution in [3.63, 3.8) is 0 Å². The summed E-state index contributed by atoms with van der Waals surface area (Å²) in [5.74, 6) is 0.350. The SMILES string of the molecule is CC(C)C(C)(C#N)NC(=O)CN1CCC(C(=O)N2CCCC2)CC1. The third-order valence-electron chi connectivity index (χ3n) is 5.51. The second kappa shape index (κ2) is 7.98. The molecule has 1 unspecified atom stereocenters. The summed E-state index contributed by atoms with van der Waals surface area (Å²) in [4.78, 5) is 28.7. The van der Waals surface area contributed by atoms with E-state index < -0.39 is 5.54 Å². The largest absolute Gasteiger partial charge is 0.342 e. The molecule has 0 spiro atoms. The summed E-state index contributed by atoms with van der Waals surface area (Å²) in [6.45, 7) is 9.26. The maximum Gasteiger partial charge on any atom is 0.235 e. The van der Waals surface area contributed by atoms with Gasteiger partial charge in [0.1, 0.15) is 5.54 Å². The molecule has 0 aliphatic carbocycles. The van der Waals surface area contributed by atoms with Crippen LogP contribution in [0.5, 0.6) is 0 Å². The van der Waals surface area contributed by atoms with Gasteiger partial charge >= 0.3 is 0 Å². The molecule has 0 bridgehead atoms. The van der Waals surface area contributed by atoms with Gasteiger partial charge in [-0.25, -0.2) is 0 Å². The number of hydrogen-bond acceptors (Lipinski definition) is 4. The average molecular weight is 334 g/mol. The Kier molecular flexibility index (Phi) is 6.22. The molecule has 2 rings (SSSR count). The second-order valence-corrected chi connectivity index (χ2v) is 7.60. The number of nitrogens with zero attached hydrogens (tertiary/aromatic N) is 3. The van der Waals surface area contributed by atoms with Gasteiger partial charge in [0.2, 0.25) is 11.8 Å². The standard InChI is InChI=1S/C18H30N4O2/c1-14(2)18(3,13-19)20-16(23)12-21-10-6-15(7-11-21)17(24)22-8-4-5-9-22/h14-15H,4-12H2,1-3H3,(H,20,23). The molecule has 2 heterocycles. The lowest BCUT2D eigenvalue weighted by Crippen LogP contribution is -2.52. The summed E-state index contributed by atoms with van der Waals surface area (Å²) in [7, 11) is 0. The topological polar surface area (TPSA) is 76.4 Å². The van der Waals surface area contributed by atoms with Crippen molar-refractivity contribution < 1.29 is 9.59 Å². The lowest BCUT2D eigenvalue weighted by molar-refractivity contribution is -0.136. The summed E-state index contributed by atoms with van der Waals surface area (Å²) < 4.78 is 0. The summed E-state index contributed by atoms with van der Waals surface area (Å²) in [6.07, 6.45) is 3.89. The minimum atomic E-state index is -0.832. The molecule has 134 valence electrons. The highest BCUT2D eigenvalue weighted by Gasteiger charge is 2.33. The highest BCUT2D eigenvalue weighted by Crippen LogP contribution is 2.22. The summed E-state index contributed by atoms with van der Waals surface area (Å²) in [5.41, 5.74) is -0.832. The van der Waals surface area contributed by atoms with Gasteiger partial charge in [-0.1, -0.05) is 13.8 Å². The Balaban J connectivity index is 1.77. The molecule has 1 N–H and O–H groups in total. The van der Waals surface area contributed by atoms with Gasteiger partial charge in [0, 0.05) is 19.0 Å². The Hall–Kier alpha value is -1.61. The molecule has 2 amide bonds. The number of amides is 2. The van der Waals surface area contributed by atoms with E-state index in [0.29, 0.717) is 12.5 Å². The van der Waals surface area contributed by atoms with Crippen molar-refractivity contribution in [2.45, 2.75) is 52.0 Å². The molecule has 1 atom stereocenters. The van der Waals surface area contributed by atoms with E-state index in [2.05, 4.69) is 16.3 Å². The zero-order chi connectivity index (χ0) is 17.7. The van der Waals surface area contributed by atoms with E-state index in [-0.39, 0.29) is 17.7 Å². The first-order chi connectivity index (χ1) is 11.4. The van der Waals surface area contributed by atoms with Gasteiger partial charge in [0.25, 0.3) is 0 Å². The van der Waals surface area contributed by atoms with Gasteiger partial charge in [-0.05, 0) is 51.6 Å². The predicted octanol–water partition coefficient (Wildman–Crippen LogP) is 1.38. The van der Waals surface area contributed by atoms with E-state index in [0.717, 1.165) is 51.9 Å². The van der Waals surface area contributed by atoms with Gasteiger partial charge in [0.15, 0.2) is 0 Å². The van der Waals surface area contributed by atoms with E-state index in [9.17, 15) is 14.9 Å².